The molecule has 4 amide bonds. The van der Waals surface area contributed by atoms with E-state index in [1.807, 2.05) is 30.6 Å². The fraction of sp³-hybridized carbons (Fsp3) is 0.267. The number of primary amides is 1. The summed E-state index contributed by atoms with van der Waals surface area (Å²) >= 11 is 7.28. The zero-order valence-corrected chi connectivity index (χ0v) is 24.0. The summed E-state index contributed by atoms with van der Waals surface area (Å²) in [4.78, 5) is 44.9. The van der Waals surface area contributed by atoms with Gasteiger partial charge in [-0.15, -0.1) is 11.3 Å². The monoisotopic (exact) mass is 590 g/mol. The maximum atomic E-state index is 12.6. The number of urea groups is 1. The topological polar surface area (TPSA) is 129 Å². The molecular formula is C30H31ClN6O3S. The van der Waals surface area contributed by atoms with Crippen molar-refractivity contribution in [2.24, 2.45) is 5.73 Å². The van der Waals surface area contributed by atoms with Gasteiger partial charge in [0.2, 0.25) is 5.91 Å². The lowest BCUT2D eigenvalue weighted by molar-refractivity contribution is -0.121. The average molecular weight is 591 g/mol. The number of fused-ring (bicyclic) bond motifs is 2. The molecule has 11 heteroatoms. The summed E-state index contributed by atoms with van der Waals surface area (Å²) in [5.74, 6) is -0.532. The maximum absolute atomic E-state index is 12.6. The molecule has 0 saturated heterocycles. The van der Waals surface area contributed by atoms with E-state index in [0.717, 1.165) is 46.3 Å². The van der Waals surface area contributed by atoms with E-state index >= 15 is 0 Å². The number of thiophene rings is 1. The van der Waals surface area contributed by atoms with Gasteiger partial charge in [0.1, 0.15) is 5.00 Å². The summed E-state index contributed by atoms with van der Waals surface area (Å²) in [5, 5.41) is 11.8. The summed E-state index contributed by atoms with van der Waals surface area (Å²) in [6, 6.07) is 14.4. The molecule has 0 unspecified atom stereocenters. The van der Waals surface area contributed by atoms with Gasteiger partial charge in [0, 0.05) is 66.0 Å². The average Bonchev–Trinajstić information content (AvgIpc) is 3.32. The highest BCUT2D eigenvalue weighted by Gasteiger charge is 2.27. The predicted octanol–water partition coefficient (Wildman–Crippen LogP) is 5.19. The van der Waals surface area contributed by atoms with E-state index in [4.69, 9.17) is 17.3 Å². The van der Waals surface area contributed by atoms with Crippen molar-refractivity contribution in [3.8, 4) is 0 Å². The molecule has 1 aliphatic heterocycles. The van der Waals surface area contributed by atoms with Crippen LogP contribution >= 0.6 is 22.9 Å². The fourth-order valence-electron chi connectivity index (χ4n) is 5.04. The van der Waals surface area contributed by atoms with Crippen LogP contribution in [-0.4, -0.2) is 47.4 Å². The second kappa shape index (κ2) is 13.1. The van der Waals surface area contributed by atoms with Crippen molar-refractivity contribution in [1.82, 2.24) is 15.2 Å². The number of hydrogen-bond acceptors (Lipinski definition) is 6. The standard InChI is InChI=1S/C30H31ClN6O3S/c31-21-7-9-22(10-8-21)35-30(40)36-29-27(28(32)39)24-12-15-37(18-25(24)41-29)14-3-13-34-26(38)11-6-20-17-33-16-19-4-1-2-5-23(19)20/h1-2,4-5,7-10,16-17H,3,6,11-15,18H2,(H2,32,39)(H,34,38)(H2,35,36,40). The van der Waals surface area contributed by atoms with E-state index in [-0.39, 0.29) is 5.91 Å². The van der Waals surface area contributed by atoms with Crippen LogP contribution in [-0.2, 0) is 24.2 Å². The third kappa shape index (κ3) is 7.21. The van der Waals surface area contributed by atoms with Crippen molar-refractivity contribution in [2.45, 2.75) is 32.2 Å². The van der Waals surface area contributed by atoms with Crippen LogP contribution in [0, 0.1) is 0 Å². The molecule has 0 aliphatic carbocycles. The number of benzene rings is 2. The van der Waals surface area contributed by atoms with Gasteiger partial charge < -0.3 is 16.4 Å². The van der Waals surface area contributed by atoms with Crippen LogP contribution in [0.3, 0.4) is 0 Å². The summed E-state index contributed by atoms with van der Waals surface area (Å²) in [6.07, 6.45) is 6.19. The Bertz CT molecular complexity index is 1570. The number of aryl methyl sites for hydroxylation is 1. The summed E-state index contributed by atoms with van der Waals surface area (Å²) in [7, 11) is 0. The van der Waals surface area contributed by atoms with E-state index in [2.05, 4.69) is 31.9 Å². The number of pyridine rings is 1. The minimum Gasteiger partial charge on any atom is -0.365 e. The van der Waals surface area contributed by atoms with Crippen molar-refractivity contribution < 1.29 is 14.4 Å². The molecule has 9 nitrogen and oxygen atoms in total. The SMILES string of the molecule is NC(=O)c1c(NC(=O)Nc2ccc(Cl)cc2)sc2c1CCN(CCCNC(=O)CCc1cncc3ccccc13)C2. The first-order chi connectivity index (χ1) is 19.9. The van der Waals surface area contributed by atoms with Gasteiger partial charge in [0.25, 0.3) is 5.91 Å². The molecule has 5 rings (SSSR count). The number of nitrogens with two attached hydrogens (primary N) is 1. The first-order valence-electron chi connectivity index (χ1n) is 13.5. The van der Waals surface area contributed by atoms with Gasteiger partial charge in [-0.2, -0.15) is 0 Å². The molecule has 3 heterocycles. The van der Waals surface area contributed by atoms with E-state index in [0.29, 0.717) is 53.6 Å². The second-order valence-corrected chi connectivity index (χ2v) is 11.4. The number of carbonyl (C=O) groups excluding carboxylic acids is 3. The third-order valence-corrected chi connectivity index (χ3v) is 8.44. The van der Waals surface area contributed by atoms with Gasteiger partial charge in [-0.3, -0.25) is 24.8 Å². The number of amides is 4. The molecule has 0 bridgehead atoms. The molecule has 0 atom stereocenters. The van der Waals surface area contributed by atoms with E-state index in [1.165, 1.54) is 11.3 Å². The molecular weight excluding hydrogens is 560 g/mol. The molecule has 41 heavy (non-hydrogen) atoms. The Morgan fingerprint density at radius 1 is 1.05 bits per heavy atom. The third-order valence-electron chi connectivity index (χ3n) is 7.06. The first kappa shape index (κ1) is 28.5. The summed E-state index contributed by atoms with van der Waals surface area (Å²) < 4.78 is 0. The number of nitrogens with one attached hydrogen (secondary N) is 3. The number of rotatable bonds is 10. The molecule has 0 spiro atoms. The summed E-state index contributed by atoms with van der Waals surface area (Å²) in [5.41, 5.74) is 8.64. The number of halogens is 1. The van der Waals surface area contributed by atoms with Gasteiger partial charge >= 0.3 is 6.03 Å². The van der Waals surface area contributed by atoms with Crippen LogP contribution in [0.2, 0.25) is 5.02 Å². The summed E-state index contributed by atoms with van der Waals surface area (Å²) in [6.45, 7) is 2.81. The molecule has 0 fully saturated rings. The highest BCUT2D eigenvalue weighted by molar-refractivity contribution is 7.17. The van der Waals surface area contributed by atoms with Gasteiger partial charge in [-0.25, -0.2) is 4.79 Å². The van der Waals surface area contributed by atoms with Crippen molar-refractivity contribution in [3.05, 3.63) is 87.5 Å². The minimum atomic E-state index is -0.556. The quantitative estimate of drug-likeness (QED) is 0.189. The number of hydrogen-bond donors (Lipinski definition) is 4. The zero-order valence-electron chi connectivity index (χ0n) is 22.4. The smallest absolute Gasteiger partial charge is 0.324 e. The molecule has 2 aromatic carbocycles. The number of carbonyl (C=O) groups is 3. The van der Waals surface area contributed by atoms with Gasteiger partial charge in [0.05, 0.1) is 5.56 Å². The van der Waals surface area contributed by atoms with Crippen molar-refractivity contribution in [2.75, 3.05) is 30.3 Å². The number of anilines is 2. The predicted molar refractivity (Wildman–Crippen MR) is 164 cm³/mol. The Morgan fingerprint density at radius 3 is 2.66 bits per heavy atom. The van der Waals surface area contributed by atoms with Crippen LogP contribution in [0.25, 0.3) is 10.8 Å². The van der Waals surface area contributed by atoms with Crippen molar-refractivity contribution in [3.63, 3.8) is 0 Å². The van der Waals surface area contributed by atoms with Crippen molar-refractivity contribution in [1.29, 1.82) is 0 Å². The molecule has 2 aromatic heterocycles. The Morgan fingerprint density at radius 2 is 1.85 bits per heavy atom. The van der Waals surface area contributed by atoms with E-state index < -0.39 is 11.9 Å². The van der Waals surface area contributed by atoms with Crippen LogP contribution < -0.4 is 21.7 Å². The molecule has 212 valence electrons. The fourth-order valence-corrected chi connectivity index (χ4v) is 6.46. The van der Waals surface area contributed by atoms with Crippen LogP contribution in [0.5, 0.6) is 0 Å². The Hall–Kier alpha value is -3.99. The van der Waals surface area contributed by atoms with Crippen LogP contribution in [0.15, 0.2) is 60.9 Å². The highest BCUT2D eigenvalue weighted by Crippen LogP contribution is 2.37. The lowest BCUT2D eigenvalue weighted by Crippen LogP contribution is -2.34. The molecule has 5 N–H and O–H groups in total. The molecule has 0 saturated carbocycles. The maximum Gasteiger partial charge on any atom is 0.324 e. The van der Waals surface area contributed by atoms with E-state index in [1.54, 1.807) is 24.3 Å². The first-order valence-corrected chi connectivity index (χ1v) is 14.7. The highest BCUT2D eigenvalue weighted by atomic mass is 35.5. The lowest BCUT2D eigenvalue weighted by atomic mass is 10.0. The van der Waals surface area contributed by atoms with E-state index in [9.17, 15) is 14.4 Å². The Kier molecular flexibility index (Phi) is 9.13. The zero-order chi connectivity index (χ0) is 28.8. The second-order valence-electron chi connectivity index (χ2n) is 9.91. The number of nitrogens with zero attached hydrogens (tertiary/aromatic N) is 2. The lowest BCUT2D eigenvalue weighted by Gasteiger charge is -2.27. The van der Waals surface area contributed by atoms with Crippen LogP contribution in [0.4, 0.5) is 15.5 Å². The van der Waals surface area contributed by atoms with Crippen LogP contribution in [0.1, 0.15) is 39.2 Å². The molecule has 1 aliphatic rings. The number of aromatic nitrogens is 1. The Balaban J connectivity index is 1.09. The largest absolute Gasteiger partial charge is 0.365 e. The minimum absolute atomic E-state index is 0.0239. The van der Waals surface area contributed by atoms with Gasteiger partial charge in [-0.1, -0.05) is 35.9 Å². The van der Waals surface area contributed by atoms with Crippen molar-refractivity contribution >= 4 is 62.2 Å². The van der Waals surface area contributed by atoms with Gasteiger partial charge in [-0.05, 0) is 60.0 Å². The molecule has 4 aromatic rings. The molecule has 0 radical (unpaired) electrons. The van der Waals surface area contributed by atoms with Gasteiger partial charge in [0.15, 0.2) is 0 Å². The normalized spacial score (nSPS) is 13.0. The Labute approximate surface area is 247 Å².